The van der Waals surface area contributed by atoms with Crippen molar-refractivity contribution in [3.8, 4) is 0 Å². The van der Waals surface area contributed by atoms with Gasteiger partial charge < -0.3 is 59.6 Å². The van der Waals surface area contributed by atoms with Crippen LogP contribution in [0, 0.1) is 5.41 Å². The summed E-state index contributed by atoms with van der Waals surface area (Å²) in [5.74, 6) is -0.602. The molecule has 312 valence electrons. The maximum absolute atomic E-state index is 12.5. The van der Waals surface area contributed by atoms with Crippen molar-refractivity contribution < 1.29 is 38.1 Å². The summed E-state index contributed by atoms with van der Waals surface area (Å²) in [6.07, 6.45) is 18.8. The lowest BCUT2D eigenvalue weighted by Gasteiger charge is -2.33. The maximum atomic E-state index is 12.5. The molecule has 0 saturated heterocycles. The van der Waals surface area contributed by atoms with Gasteiger partial charge in [0.2, 0.25) is 23.6 Å². The van der Waals surface area contributed by atoms with Gasteiger partial charge in [-0.25, -0.2) is 15.0 Å². The second kappa shape index (κ2) is 28.7. The number of aromatic nitrogens is 6. The van der Waals surface area contributed by atoms with Gasteiger partial charge in [-0.1, -0.05) is 0 Å². The number of ether oxygens (including phenoxy) is 4. The molecule has 0 aliphatic carbocycles. The zero-order chi connectivity index (χ0) is 39.9. The second-order valence-electron chi connectivity index (χ2n) is 13.4. The summed E-state index contributed by atoms with van der Waals surface area (Å²) in [6.45, 7) is 5.43. The van der Waals surface area contributed by atoms with Gasteiger partial charge in [-0.3, -0.25) is 19.2 Å². The highest BCUT2D eigenvalue weighted by molar-refractivity contribution is 5.77. The Morgan fingerprint density at radius 2 is 0.804 bits per heavy atom. The van der Waals surface area contributed by atoms with Crippen LogP contribution in [0.5, 0.6) is 0 Å². The van der Waals surface area contributed by atoms with Gasteiger partial charge in [0.1, 0.15) is 0 Å². The average Bonchev–Trinajstić information content (AvgIpc) is 4.02. The number of hydrogen-bond donors (Lipinski definition) is 5. The maximum Gasteiger partial charge on any atom is 0.222 e. The molecule has 0 fully saturated rings. The fourth-order valence-corrected chi connectivity index (χ4v) is 5.35. The van der Waals surface area contributed by atoms with E-state index in [1.807, 2.05) is 32.3 Å². The topological polar surface area (TPSA) is 233 Å². The van der Waals surface area contributed by atoms with E-state index in [0.717, 1.165) is 38.9 Å². The molecule has 0 spiro atoms. The first-order chi connectivity index (χ1) is 27.4. The monoisotopic (exact) mass is 787 g/mol. The molecule has 0 radical (unpaired) electrons. The number of amides is 4. The standard InChI is InChI=1S/C37H61N11O8/c38-8-12-45-36(52)7-25-56-29-37(26-53-22-4-33(49)42-9-1-16-46-19-13-39-30-46,27-54-23-5-34(50)43-10-2-17-47-20-14-40-31-47)28-55-24-6-35(51)44-11-3-18-48-21-15-41-32-48/h13-15,19-21,30-32H,1-12,16-18,22-29,38H2,(H,42,49)(H,43,50)(H,44,51)(H,45,52). The number of imidazole rings is 3. The molecular formula is C37H61N11O8. The Labute approximate surface area is 328 Å². The molecule has 19 nitrogen and oxygen atoms in total. The molecule has 3 heterocycles. The van der Waals surface area contributed by atoms with E-state index < -0.39 is 5.41 Å². The molecule has 3 aromatic rings. The van der Waals surface area contributed by atoms with Crippen molar-refractivity contribution in [2.45, 2.75) is 64.6 Å². The van der Waals surface area contributed by atoms with E-state index in [2.05, 4.69) is 36.2 Å². The van der Waals surface area contributed by atoms with Crippen molar-refractivity contribution in [1.29, 1.82) is 0 Å². The third kappa shape index (κ3) is 21.4. The van der Waals surface area contributed by atoms with Crippen molar-refractivity contribution in [2.24, 2.45) is 11.1 Å². The number of aryl methyl sites for hydroxylation is 3. The van der Waals surface area contributed by atoms with E-state index in [4.69, 9.17) is 24.7 Å². The summed E-state index contributed by atoms with van der Waals surface area (Å²) < 4.78 is 29.9. The number of hydrogen-bond acceptors (Lipinski definition) is 12. The van der Waals surface area contributed by atoms with E-state index in [1.54, 1.807) is 37.6 Å². The highest BCUT2D eigenvalue weighted by Gasteiger charge is 2.33. The van der Waals surface area contributed by atoms with Crippen molar-refractivity contribution in [2.75, 3.05) is 85.6 Å². The summed E-state index contributed by atoms with van der Waals surface area (Å²) in [4.78, 5) is 61.8. The first-order valence-electron chi connectivity index (χ1n) is 19.3. The Morgan fingerprint density at radius 3 is 1.07 bits per heavy atom. The van der Waals surface area contributed by atoms with Gasteiger partial charge in [0.05, 0.1) is 77.3 Å². The predicted molar refractivity (Wildman–Crippen MR) is 206 cm³/mol. The van der Waals surface area contributed by atoms with Crippen molar-refractivity contribution >= 4 is 23.6 Å². The SMILES string of the molecule is NCCNC(=O)CCOCC(COCCC(=O)NCCCn1ccnc1)(COCCC(=O)NCCCn1ccnc1)COCCC(=O)NCCCn1ccnc1. The van der Waals surface area contributed by atoms with Crippen molar-refractivity contribution in [3.63, 3.8) is 0 Å². The molecule has 3 rings (SSSR count). The van der Waals surface area contributed by atoms with Crippen LogP contribution in [-0.4, -0.2) is 138 Å². The van der Waals surface area contributed by atoms with Crippen LogP contribution in [0.2, 0.25) is 0 Å². The number of rotatable bonds is 34. The van der Waals surface area contributed by atoms with Crippen LogP contribution in [0.15, 0.2) is 56.2 Å². The van der Waals surface area contributed by atoms with E-state index in [1.165, 1.54) is 0 Å². The Kier molecular flexibility index (Phi) is 23.4. The Hall–Kier alpha value is -4.69. The fourth-order valence-electron chi connectivity index (χ4n) is 5.35. The minimum atomic E-state index is -0.877. The minimum absolute atomic E-state index is 0.0957. The number of nitrogens with zero attached hydrogens (tertiary/aromatic N) is 6. The summed E-state index contributed by atoms with van der Waals surface area (Å²) >= 11 is 0. The summed E-state index contributed by atoms with van der Waals surface area (Å²) in [7, 11) is 0. The van der Waals surface area contributed by atoms with Gasteiger partial charge in [0.25, 0.3) is 0 Å². The van der Waals surface area contributed by atoms with E-state index >= 15 is 0 Å². The van der Waals surface area contributed by atoms with Gasteiger partial charge in [-0.15, -0.1) is 0 Å². The molecule has 56 heavy (non-hydrogen) atoms. The van der Waals surface area contributed by atoms with Crippen LogP contribution in [0.4, 0.5) is 0 Å². The van der Waals surface area contributed by atoms with E-state index in [0.29, 0.717) is 32.7 Å². The number of carbonyl (C=O) groups excluding carboxylic acids is 4. The largest absolute Gasteiger partial charge is 0.380 e. The van der Waals surface area contributed by atoms with Gasteiger partial charge >= 0.3 is 0 Å². The summed E-state index contributed by atoms with van der Waals surface area (Å²) in [6, 6.07) is 0. The highest BCUT2D eigenvalue weighted by Crippen LogP contribution is 2.21. The van der Waals surface area contributed by atoms with Crippen molar-refractivity contribution in [3.05, 3.63) is 56.2 Å². The lowest BCUT2D eigenvalue weighted by Crippen LogP contribution is -2.43. The van der Waals surface area contributed by atoms with Crippen LogP contribution < -0.4 is 27.0 Å². The Bertz CT molecular complexity index is 1310. The lowest BCUT2D eigenvalue weighted by atomic mass is 9.92. The average molecular weight is 788 g/mol. The molecule has 3 aromatic heterocycles. The third-order valence-corrected chi connectivity index (χ3v) is 8.42. The van der Waals surface area contributed by atoms with Crippen LogP contribution in [0.3, 0.4) is 0 Å². The first kappa shape index (κ1) is 45.7. The smallest absolute Gasteiger partial charge is 0.222 e. The van der Waals surface area contributed by atoms with E-state index in [-0.39, 0.29) is 102 Å². The zero-order valence-electron chi connectivity index (χ0n) is 32.5. The molecule has 19 heteroatoms. The number of carbonyl (C=O) groups is 4. The highest BCUT2D eigenvalue weighted by atomic mass is 16.5. The zero-order valence-corrected chi connectivity index (χ0v) is 32.5. The Morgan fingerprint density at radius 1 is 0.500 bits per heavy atom. The second-order valence-corrected chi connectivity index (χ2v) is 13.4. The molecule has 0 aliphatic rings. The van der Waals surface area contributed by atoms with Crippen LogP contribution in [0.1, 0.15) is 44.9 Å². The minimum Gasteiger partial charge on any atom is -0.380 e. The van der Waals surface area contributed by atoms with Crippen molar-refractivity contribution in [1.82, 2.24) is 49.9 Å². The Balaban J connectivity index is 1.50. The van der Waals surface area contributed by atoms with Gasteiger partial charge in [0.15, 0.2) is 0 Å². The van der Waals surface area contributed by atoms with Gasteiger partial charge in [-0.05, 0) is 19.3 Å². The summed E-state index contributed by atoms with van der Waals surface area (Å²) in [5, 5.41) is 11.4. The predicted octanol–water partition coefficient (Wildman–Crippen LogP) is -0.116. The molecule has 0 saturated carbocycles. The molecule has 0 aromatic carbocycles. The number of nitrogens with one attached hydrogen (secondary N) is 4. The first-order valence-corrected chi connectivity index (χ1v) is 19.3. The van der Waals surface area contributed by atoms with Crippen LogP contribution in [0.25, 0.3) is 0 Å². The molecule has 4 amide bonds. The molecule has 0 atom stereocenters. The van der Waals surface area contributed by atoms with E-state index in [9.17, 15) is 19.2 Å². The third-order valence-electron chi connectivity index (χ3n) is 8.42. The number of nitrogens with two attached hydrogens (primary N) is 1. The normalized spacial score (nSPS) is 11.4. The molecular weight excluding hydrogens is 726 g/mol. The summed E-state index contributed by atoms with van der Waals surface area (Å²) in [5.41, 5.74) is 4.62. The quantitative estimate of drug-likeness (QED) is 0.0499. The fraction of sp³-hybridized carbons (Fsp3) is 0.649. The molecule has 0 unspecified atom stereocenters. The molecule has 0 aliphatic heterocycles. The van der Waals surface area contributed by atoms with Gasteiger partial charge in [0, 0.05) is 115 Å². The van der Waals surface area contributed by atoms with Crippen LogP contribution in [-0.2, 0) is 57.8 Å². The molecule has 0 bridgehead atoms. The lowest BCUT2D eigenvalue weighted by molar-refractivity contribution is -0.128. The molecule has 6 N–H and O–H groups in total. The van der Waals surface area contributed by atoms with Gasteiger partial charge in [-0.2, -0.15) is 0 Å². The van der Waals surface area contributed by atoms with Crippen LogP contribution >= 0.6 is 0 Å².